The number of rotatable bonds is 11. The number of nitrogens with zero attached hydrogens (tertiary/aromatic N) is 2. The smallest absolute Gasteiger partial charge is 0.251 e. The van der Waals surface area contributed by atoms with E-state index in [-0.39, 0.29) is 22.1 Å². The Bertz CT molecular complexity index is 1020. The van der Waals surface area contributed by atoms with Crippen LogP contribution in [-0.2, 0) is 23.1 Å². The summed E-state index contributed by atoms with van der Waals surface area (Å²) in [6.45, 7) is 9.62. The lowest BCUT2D eigenvalue weighted by Crippen LogP contribution is -2.31. The molecule has 0 fully saturated rings. The Balaban J connectivity index is 2.26. The second kappa shape index (κ2) is 11.4. The number of carbonyl (C=O) groups excluding carboxylic acids is 1. The molecule has 2 aromatic rings. The number of carbonyl (C=O) groups is 1. The van der Waals surface area contributed by atoms with Crippen molar-refractivity contribution in [1.82, 2.24) is 14.5 Å². The summed E-state index contributed by atoms with van der Waals surface area (Å²) in [5, 5.41) is 2.92. The first-order valence-electron chi connectivity index (χ1n) is 10.9. The molecule has 0 aromatic heterocycles. The minimum Gasteiger partial charge on any atom is -0.495 e. The molecule has 8 heteroatoms. The van der Waals surface area contributed by atoms with E-state index >= 15 is 0 Å². The maximum atomic E-state index is 13.0. The van der Waals surface area contributed by atoms with Crippen LogP contribution < -0.4 is 10.1 Å². The predicted molar refractivity (Wildman–Crippen MR) is 127 cm³/mol. The number of benzene rings is 2. The van der Waals surface area contributed by atoms with E-state index < -0.39 is 10.0 Å². The molecule has 0 saturated carbocycles. The van der Waals surface area contributed by atoms with Crippen LogP contribution in [0.5, 0.6) is 5.75 Å². The van der Waals surface area contributed by atoms with Gasteiger partial charge in [0.15, 0.2) is 0 Å². The molecule has 32 heavy (non-hydrogen) atoms. The molecule has 2 aromatic carbocycles. The van der Waals surface area contributed by atoms with Crippen molar-refractivity contribution in [1.29, 1.82) is 0 Å². The lowest BCUT2D eigenvalue weighted by atomic mass is 10.1. The van der Waals surface area contributed by atoms with Crippen LogP contribution in [0, 0.1) is 0 Å². The fourth-order valence-corrected chi connectivity index (χ4v) is 4.97. The van der Waals surface area contributed by atoms with Crippen LogP contribution in [0.4, 0.5) is 0 Å². The van der Waals surface area contributed by atoms with Crippen LogP contribution in [0.15, 0.2) is 47.4 Å². The number of ether oxygens (including phenoxy) is 1. The molecule has 0 aliphatic heterocycles. The van der Waals surface area contributed by atoms with Crippen molar-refractivity contribution in [2.45, 2.75) is 51.7 Å². The Hall–Kier alpha value is -2.42. The fraction of sp³-hybridized carbons (Fsp3) is 0.458. The summed E-state index contributed by atoms with van der Waals surface area (Å²) in [4.78, 5) is 15.1. The minimum atomic E-state index is -3.77. The standard InChI is InChI=1S/C24H35N3O4S/c1-7-27(8-2)32(29,30)23-15-19(13-14-22(23)31-6)24(28)25-16-20-11-9-10-12-21(20)17-26(5)18(3)4/h9-15,18H,7-8,16-17H2,1-6H3,(H,25,28). The highest BCUT2D eigenvalue weighted by atomic mass is 32.2. The van der Waals surface area contributed by atoms with E-state index in [9.17, 15) is 13.2 Å². The lowest BCUT2D eigenvalue weighted by Gasteiger charge is -2.22. The van der Waals surface area contributed by atoms with Crippen molar-refractivity contribution < 1.29 is 17.9 Å². The van der Waals surface area contributed by atoms with Crippen molar-refractivity contribution in [2.24, 2.45) is 0 Å². The van der Waals surface area contributed by atoms with Crippen molar-refractivity contribution in [3.63, 3.8) is 0 Å². The van der Waals surface area contributed by atoms with Gasteiger partial charge in [0.05, 0.1) is 7.11 Å². The van der Waals surface area contributed by atoms with Crippen LogP contribution in [0.25, 0.3) is 0 Å². The van der Waals surface area contributed by atoms with E-state index in [1.807, 2.05) is 18.2 Å². The highest BCUT2D eigenvalue weighted by Crippen LogP contribution is 2.28. The van der Waals surface area contributed by atoms with Gasteiger partial charge in [0.2, 0.25) is 10.0 Å². The monoisotopic (exact) mass is 461 g/mol. The summed E-state index contributed by atoms with van der Waals surface area (Å²) in [7, 11) is -0.290. The summed E-state index contributed by atoms with van der Waals surface area (Å²) >= 11 is 0. The van der Waals surface area contributed by atoms with Crippen LogP contribution in [-0.4, -0.2) is 56.8 Å². The summed E-state index contributed by atoms with van der Waals surface area (Å²) in [6, 6.07) is 12.9. The molecule has 0 unspecified atom stereocenters. The largest absolute Gasteiger partial charge is 0.495 e. The van der Waals surface area contributed by atoms with E-state index in [2.05, 4.69) is 37.2 Å². The van der Waals surface area contributed by atoms with Crippen LogP contribution in [0.3, 0.4) is 0 Å². The molecule has 0 aliphatic carbocycles. The third-order valence-corrected chi connectivity index (χ3v) is 7.68. The summed E-state index contributed by atoms with van der Waals surface area (Å²) in [5.74, 6) is -0.119. The molecule has 0 heterocycles. The topological polar surface area (TPSA) is 79.0 Å². The third-order valence-electron chi connectivity index (χ3n) is 5.61. The maximum Gasteiger partial charge on any atom is 0.251 e. The van der Waals surface area contributed by atoms with Gasteiger partial charge in [-0.2, -0.15) is 4.31 Å². The highest BCUT2D eigenvalue weighted by molar-refractivity contribution is 7.89. The first kappa shape index (κ1) is 25.8. The van der Waals surface area contributed by atoms with Crippen molar-refractivity contribution in [3.8, 4) is 5.75 Å². The number of hydrogen-bond acceptors (Lipinski definition) is 5. The van der Waals surface area contributed by atoms with E-state index in [0.29, 0.717) is 25.7 Å². The zero-order valence-electron chi connectivity index (χ0n) is 19.9. The number of sulfonamides is 1. The molecule has 0 aliphatic rings. The average Bonchev–Trinajstić information content (AvgIpc) is 2.78. The SMILES string of the molecule is CCN(CC)S(=O)(=O)c1cc(C(=O)NCc2ccccc2CN(C)C(C)C)ccc1OC. The Labute approximate surface area is 192 Å². The second-order valence-corrected chi connectivity index (χ2v) is 9.82. The third kappa shape index (κ3) is 6.09. The number of nitrogens with one attached hydrogen (secondary N) is 1. The van der Waals surface area contributed by atoms with Gasteiger partial charge in [0, 0.05) is 37.8 Å². The molecule has 176 valence electrons. The maximum absolute atomic E-state index is 13.0. The molecule has 0 saturated heterocycles. The molecule has 0 radical (unpaired) electrons. The molecule has 7 nitrogen and oxygen atoms in total. The number of amides is 1. The Morgan fingerprint density at radius 3 is 2.25 bits per heavy atom. The molecule has 1 amide bonds. The lowest BCUT2D eigenvalue weighted by molar-refractivity contribution is 0.0950. The van der Waals surface area contributed by atoms with Gasteiger partial charge < -0.3 is 10.1 Å². The molecule has 2 rings (SSSR count). The van der Waals surface area contributed by atoms with E-state index in [4.69, 9.17) is 4.74 Å². The zero-order valence-corrected chi connectivity index (χ0v) is 20.7. The molecular weight excluding hydrogens is 426 g/mol. The van der Waals surface area contributed by atoms with Crippen LogP contribution in [0.1, 0.15) is 49.2 Å². The van der Waals surface area contributed by atoms with Gasteiger partial charge in [0.25, 0.3) is 5.91 Å². The Morgan fingerprint density at radius 2 is 1.69 bits per heavy atom. The molecule has 0 bridgehead atoms. The first-order chi connectivity index (χ1) is 15.1. The van der Waals surface area contributed by atoms with Gasteiger partial charge in [-0.25, -0.2) is 8.42 Å². The quantitative estimate of drug-likeness (QED) is 0.554. The summed E-state index contributed by atoms with van der Waals surface area (Å²) < 4.78 is 32.7. The first-order valence-corrected chi connectivity index (χ1v) is 12.3. The van der Waals surface area contributed by atoms with Crippen LogP contribution in [0.2, 0.25) is 0 Å². The fourth-order valence-electron chi connectivity index (χ4n) is 3.34. The van der Waals surface area contributed by atoms with Gasteiger partial charge in [-0.3, -0.25) is 9.69 Å². The molecular formula is C24H35N3O4S. The van der Waals surface area contributed by atoms with E-state index in [1.165, 1.54) is 23.5 Å². The van der Waals surface area contributed by atoms with Gasteiger partial charge in [0.1, 0.15) is 10.6 Å². The average molecular weight is 462 g/mol. The number of methoxy groups -OCH3 is 1. The van der Waals surface area contributed by atoms with Crippen molar-refractivity contribution >= 4 is 15.9 Å². The molecule has 0 spiro atoms. The Kier molecular flexibility index (Phi) is 9.24. The zero-order chi connectivity index (χ0) is 23.9. The minimum absolute atomic E-state index is 0.00434. The predicted octanol–water partition coefficient (Wildman–Crippen LogP) is 3.50. The number of hydrogen-bond donors (Lipinski definition) is 1. The van der Waals surface area contributed by atoms with Gasteiger partial charge >= 0.3 is 0 Å². The van der Waals surface area contributed by atoms with Crippen molar-refractivity contribution in [3.05, 3.63) is 59.2 Å². The van der Waals surface area contributed by atoms with Gasteiger partial charge in [-0.1, -0.05) is 38.1 Å². The van der Waals surface area contributed by atoms with Crippen LogP contribution >= 0.6 is 0 Å². The molecule has 0 atom stereocenters. The summed E-state index contributed by atoms with van der Waals surface area (Å²) in [6.07, 6.45) is 0. The Morgan fingerprint density at radius 1 is 1.06 bits per heavy atom. The second-order valence-electron chi connectivity index (χ2n) is 7.92. The van der Waals surface area contributed by atoms with Gasteiger partial charge in [-0.05, 0) is 50.2 Å². The van der Waals surface area contributed by atoms with Crippen molar-refractivity contribution in [2.75, 3.05) is 27.2 Å². The highest BCUT2D eigenvalue weighted by Gasteiger charge is 2.26. The normalized spacial score (nSPS) is 11.9. The van der Waals surface area contributed by atoms with E-state index in [1.54, 1.807) is 19.9 Å². The van der Waals surface area contributed by atoms with Gasteiger partial charge in [-0.15, -0.1) is 0 Å². The van der Waals surface area contributed by atoms with E-state index in [0.717, 1.165) is 17.7 Å². The molecule has 1 N–H and O–H groups in total. The summed E-state index contributed by atoms with van der Waals surface area (Å²) in [5.41, 5.74) is 2.44.